The molecule has 2 unspecified atom stereocenters. The Morgan fingerprint density at radius 2 is 2.40 bits per heavy atom. The molecule has 0 fully saturated rings. The van der Waals surface area contributed by atoms with Crippen molar-refractivity contribution in [2.24, 2.45) is 0 Å². The molecule has 15 heavy (non-hydrogen) atoms. The molecular formula is C10H19N3OS. The normalized spacial score (nSPS) is 15.1. The minimum absolute atomic E-state index is 0.262. The summed E-state index contributed by atoms with van der Waals surface area (Å²) in [4.78, 5) is 4.26. The molecule has 0 spiro atoms. The molecule has 5 heteroatoms. The number of rotatable bonds is 6. The second-order valence-electron chi connectivity index (χ2n) is 3.65. The number of hydrogen-bond acceptors (Lipinski definition) is 3. The zero-order valence-electron chi connectivity index (χ0n) is 9.56. The Morgan fingerprint density at radius 3 is 3.00 bits per heavy atom. The van der Waals surface area contributed by atoms with Gasteiger partial charge >= 0.3 is 0 Å². The highest BCUT2D eigenvalue weighted by molar-refractivity contribution is 7.84. The van der Waals surface area contributed by atoms with Gasteiger partial charge in [0, 0.05) is 47.8 Å². The van der Waals surface area contributed by atoms with E-state index in [4.69, 9.17) is 0 Å². The summed E-state index contributed by atoms with van der Waals surface area (Å²) in [5.41, 5.74) is 0. The van der Waals surface area contributed by atoms with Crippen molar-refractivity contribution >= 4 is 10.8 Å². The first-order chi connectivity index (χ1) is 7.13. The van der Waals surface area contributed by atoms with Crippen LogP contribution in [0.15, 0.2) is 12.4 Å². The Hall–Kier alpha value is -0.680. The van der Waals surface area contributed by atoms with E-state index in [-0.39, 0.29) is 6.04 Å². The molecule has 0 aliphatic heterocycles. The van der Waals surface area contributed by atoms with Gasteiger partial charge < -0.3 is 9.88 Å². The predicted octanol–water partition coefficient (Wildman–Crippen LogP) is 0.760. The van der Waals surface area contributed by atoms with Crippen LogP contribution in [-0.2, 0) is 23.9 Å². The van der Waals surface area contributed by atoms with Crippen LogP contribution in [0.5, 0.6) is 0 Å². The lowest BCUT2D eigenvalue weighted by Gasteiger charge is -2.12. The van der Waals surface area contributed by atoms with Gasteiger partial charge in [-0.1, -0.05) is 0 Å². The third-order valence-electron chi connectivity index (χ3n) is 2.24. The van der Waals surface area contributed by atoms with Crippen LogP contribution in [-0.4, -0.2) is 31.8 Å². The summed E-state index contributed by atoms with van der Waals surface area (Å²) in [7, 11) is -0.741. The second-order valence-corrected chi connectivity index (χ2v) is 5.13. The van der Waals surface area contributed by atoms with Gasteiger partial charge in [-0.3, -0.25) is 4.21 Å². The van der Waals surface area contributed by atoms with Crippen molar-refractivity contribution in [2.45, 2.75) is 33.0 Å². The maximum Gasteiger partial charge on any atom is 0.122 e. The monoisotopic (exact) mass is 229 g/mol. The molecule has 0 saturated heterocycles. The topological polar surface area (TPSA) is 46.9 Å². The number of aromatic nitrogens is 2. The summed E-state index contributed by atoms with van der Waals surface area (Å²) in [6.45, 7) is 5.81. The zero-order chi connectivity index (χ0) is 11.3. The van der Waals surface area contributed by atoms with Gasteiger partial charge in [0.25, 0.3) is 0 Å². The summed E-state index contributed by atoms with van der Waals surface area (Å²) < 4.78 is 13.1. The molecule has 1 aromatic heterocycles. The van der Waals surface area contributed by atoms with Crippen molar-refractivity contribution in [1.29, 1.82) is 0 Å². The molecule has 1 heterocycles. The van der Waals surface area contributed by atoms with Crippen molar-refractivity contribution < 1.29 is 4.21 Å². The van der Waals surface area contributed by atoms with Gasteiger partial charge in [0.15, 0.2) is 0 Å². The van der Waals surface area contributed by atoms with Crippen LogP contribution in [0.3, 0.4) is 0 Å². The molecule has 0 aliphatic rings. The number of nitrogens with one attached hydrogen (secondary N) is 1. The second kappa shape index (κ2) is 6.02. The third-order valence-corrected chi connectivity index (χ3v) is 3.21. The smallest absolute Gasteiger partial charge is 0.122 e. The predicted molar refractivity (Wildman–Crippen MR) is 63.1 cm³/mol. The van der Waals surface area contributed by atoms with E-state index in [2.05, 4.69) is 21.8 Å². The highest BCUT2D eigenvalue weighted by Gasteiger charge is 2.06. The van der Waals surface area contributed by atoms with Crippen molar-refractivity contribution in [2.75, 3.05) is 12.0 Å². The van der Waals surface area contributed by atoms with E-state index in [1.54, 1.807) is 6.26 Å². The van der Waals surface area contributed by atoms with Gasteiger partial charge in [-0.05, 0) is 13.8 Å². The van der Waals surface area contributed by atoms with E-state index < -0.39 is 10.8 Å². The lowest BCUT2D eigenvalue weighted by atomic mass is 10.4. The molecule has 0 radical (unpaired) electrons. The van der Waals surface area contributed by atoms with Crippen molar-refractivity contribution in [3.05, 3.63) is 18.2 Å². The average molecular weight is 229 g/mol. The Balaban J connectivity index is 2.39. The van der Waals surface area contributed by atoms with Crippen molar-refractivity contribution in [1.82, 2.24) is 14.9 Å². The van der Waals surface area contributed by atoms with E-state index >= 15 is 0 Å². The fourth-order valence-corrected chi connectivity index (χ4v) is 2.29. The first-order valence-electron chi connectivity index (χ1n) is 5.17. The molecule has 2 atom stereocenters. The first-order valence-corrected chi connectivity index (χ1v) is 6.89. The molecular weight excluding hydrogens is 210 g/mol. The Labute approximate surface area is 93.5 Å². The minimum atomic E-state index is -0.741. The van der Waals surface area contributed by atoms with Crippen LogP contribution in [0.4, 0.5) is 0 Å². The SMILES string of the molecule is CCn1ccnc1CNC(C)CS(C)=O. The molecule has 0 saturated carbocycles. The molecule has 1 N–H and O–H groups in total. The zero-order valence-corrected chi connectivity index (χ0v) is 10.4. The lowest BCUT2D eigenvalue weighted by molar-refractivity contribution is 0.551. The standard InChI is InChI=1S/C10H19N3OS/c1-4-13-6-5-11-10(13)7-12-9(2)8-15(3)14/h5-6,9,12H,4,7-8H2,1-3H3. The Bertz CT molecular complexity index is 324. The summed E-state index contributed by atoms with van der Waals surface area (Å²) in [6.07, 6.45) is 5.51. The highest BCUT2D eigenvalue weighted by Crippen LogP contribution is 1.97. The molecule has 1 aromatic rings. The van der Waals surface area contributed by atoms with Gasteiger partial charge in [0.05, 0.1) is 6.54 Å². The van der Waals surface area contributed by atoms with Crippen LogP contribution in [0.2, 0.25) is 0 Å². The molecule has 0 bridgehead atoms. The van der Waals surface area contributed by atoms with E-state index in [0.717, 1.165) is 18.9 Å². The largest absolute Gasteiger partial charge is 0.334 e. The van der Waals surface area contributed by atoms with Gasteiger partial charge in [-0.25, -0.2) is 4.98 Å². The average Bonchev–Trinajstić information content (AvgIpc) is 2.60. The van der Waals surface area contributed by atoms with Crippen LogP contribution >= 0.6 is 0 Å². The van der Waals surface area contributed by atoms with Gasteiger partial charge in [-0.15, -0.1) is 0 Å². The van der Waals surface area contributed by atoms with Crippen molar-refractivity contribution in [3.8, 4) is 0 Å². The van der Waals surface area contributed by atoms with Crippen LogP contribution in [0, 0.1) is 0 Å². The molecule has 4 nitrogen and oxygen atoms in total. The van der Waals surface area contributed by atoms with Gasteiger partial charge in [0.1, 0.15) is 5.82 Å². The number of aryl methyl sites for hydroxylation is 1. The van der Waals surface area contributed by atoms with E-state index in [0.29, 0.717) is 5.75 Å². The number of nitrogens with zero attached hydrogens (tertiary/aromatic N) is 2. The quantitative estimate of drug-likeness (QED) is 0.783. The van der Waals surface area contributed by atoms with Gasteiger partial charge in [0.2, 0.25) is 0 Å². The molecule has 0 amide bonds. The van der Waals surface area contributed by atoms with Crippen molar-refractivity contribution in [3.63, 3.8) is 0 Å². The maximum absolute atomic E-state index is 11.0. The summed E-state index contributed by atoms with van der Waals surface area (Å²) in [5.74, 6) is 1.72. The fraction of sp³-hybridized carbons (Fsp3) is 0.700. The first kappa shape index (κ1) is 12.4. The minimum Gasteiger partial charge on any atom is -0.334 e. The molecule has 0 aromatic carbocycles. The van der Waals surface area contributed by atoms with E-state index in [1.807, 2.05) is 19.3 Å². The fourth-order valence-electron chi connectivity index (χ4n) is 1.47. The highest BCUT2D eigenvalue weighted by atomic mass is 32.2. The maximum atomic E-state index is 11.0. The lowest BCUT2D eigenvalue weighted by Crippen LogP contribution is -2.31. The summed E-state index contributed by atoms with van der Waals surface area (Å²) in [6, 6.07) is 0.262. The molecule has 0 aliphatic carbocycles. The third kappa shape index (κ3) is 4.13. The van der Waals surface area contributed by atoms with E-state index in [9.17, 15) is 4.21 Å². The molecule has 86 valence electrons. The van der Waals surface area contributed by atoms with Crippen LogP contribution in [0.25, 0.3) is 0 Å². The van der Waals surface area contributed by atoms with Crippen LogP contribution in [0.1, 0.15) is 19.7 Å². The molecule has 1 rings (SSSR count). The summed E-state index contributed by atoms with van der Waals surface area (Å²) in [5, 5.41) is 3.31. The Morgan fingerprint density at radius 1 is 1.67 bits per heavy atom. The number of hydrogen-bond donors (Lipinski definition) is 1. The van der Waals surface area contributed by atoms with E-state index in [1.165, 1.54) is 0 Å². The van der Waals surface area contributed by atoms with Crippen LogP contribution < -0.4 is 5.32 Å². The van der Waals surface area contributed by atoms with Gasteiger partial charge in [-0.2, -0.15) is 0 Å². The summed E-state index contributed by atoms with van der Waals surface area (Å²) >= 11 is 0. The number of imidazole rings is 1. The Kier molecular flexibility index (Phi) is 4.98.